The number of hydrogen-bond acceptors (Lipinski definition) is 8. The number of nitrogens with zero attached hydrogens (tertiary/aromatic N) is 4. The average Bonchev–Trinajstić information content (AvgIpc) is 3.98. The van der Waals surface area contributed by atoms with E-state index in [0.717, 1.165) is 20.9 Å². The van der Waals surface area contributed by atoms with Crippen molar-refractivity contribution >= 4 is 46.4 Å². The Bertz CT molecular complexity index is 2430. The van der Waals surface area contributed by atoms with Crippen molar-refractivity contribution in [2.75, 3.05) is 19.9 Å². The highest BCUT2D eigenvalue weighted by atomic mass is 19.1. The number of imide groups is 2. The molecule has 0 N–H and O–H groups in total. The van der Waals surface area contributed by atoms with Crippen molar-refractivity contribution in [3.63, 3.8) is 0 Å². The molecule has 0 bridgehead atoms. The molecule has 6 atom stereocenters. The Balaban J connectivity index is 0.855. The summed E-state index contributed by atoms with van der Waals surface area (Å²) in [5, 5.41) is 2.93. The molecule has 6 aromatic rings. The summed E-state index contributed by atoms with van der Waals surface area (Å²) in [4.78, 5) is 70.3. The Kier molecular flexibility index (Phi) is 8.88. The first-order valence-electron chi connectivity index (χ1n) is 19.2. The van der Waals surface area contributed by atoms with E-state index in [-0.39, 0.29) is 11.1 Å². The zero-order valence-corrected chi connectivity index (χ0v) is 31.2. The molecule has 6 unspecified atom stereocenters. The monoisotopic (exact) mass is 788 g/mol. The van der Waals surface area contributed by atoms with E-state index < -0.39 is 71.4 Å². The van der Waals surface area contributed by atoms with Crippen molar-refractivity contribution in [3.05, 3.63) is 192 Å². The minimum atomic E-state index is -1.14. The third kappa shape index (κ3) is 5.98. The Labute approximate surface area is 337 Å². The Morgan fingerprint density at radius 3 is 1.14 bits per heavy atom. The van der Waals surface area contributed by atoms with Crippen LogP contribution in [0, 0.1) is 23.5 Å². The highest BCUT2D eigenvalue weighted by Crippen LogP contribution is 2.50. The maximum absolute atomic E-state index is 15.2. The van der Waals surface area contributed by atoms with Crippen LogP contribution in [0.3, 0.4) is 0 Å². The number of hydrogen-bond donors (Lipinski definition) is 0. The number of rotatable bonds is 8. The molecule has 10 nitrogen and oxygen atoms in total. The lowest BCUT2D eigenvalue weighted by Gasteiger charge is -2.29. The van der Waals surface area contributed by atoms with Crippen LogP contribution in [-0.4, -0.2) is 35.8 Å². The van der Waals surface area contributed by atoms with Gasteiger partial charge >= 0.3 is 0 Å². The van der Waals surface area contributed by atoms with Gasteiger partial charge in [0.15, 0.2) is 12.2 Å². The van der Waals surface area contributed by atoms with E-state index in [1.807, 2.05) is 36.4 Å². The van der Waals surface area contributed by atoms with Gasteiger partial charge < -0.3 is 0 Å². The largest absolute Gasteiger partial charge is 0.273 e. The first-order chi connectivity index (χ1) is 28.8. The number of halogens is 2. The molecule has 4 aliphatic rings. The number of amides is 4. The van der Waals surface area contributed by atoms with Gasteiger partial charge in [-0.05, 0) is 78.2 Å². The second kappa shape index (κ2) is 14.4. The molecule has 0 radical (unpaired) electrons. The van der Waals surface area contributed by atoms with Gasteiger partial charge in [-0.3, -0.25) is 28.9 Å². The first-order valence-corrected chi connectivity index (χ1v) is 19.2. The molecule has 59 heavy (non-hydrogen) atoms. The molecule has 0 saturated carbocycles. The predicted octanol–water partition coefficient (Wildman–Crippen LogP) is 7.66. The zero-order chi connectivity index (χ0) is 40.4. The lowest BCUT2D eigenvalue weighted by molar-refractivity contribution is -0.127. The van der Waals surface area contributed by atoms with Crippen molar-refractivity contribution < 1.29 is 37.6 Å². The smallest absolute Gasteiger partial charge is 0.266 e. The third-order valence-corrected chi connectivity index (χ3v) is 11.5. The Hall–Kier alpha value is -7.02. The molecule has 4 aliphatic heterocycles. The zero-order valence-electron chi connectivity index (χ0n) is 31.2. The molecule has 0 spiro atoms. The van der Waals surface area contributed by atoms with E-state index in [9.17, 15) is 19.2 Å². The number of anilines is 4. The molecule has 0 aromatic heterocycles. The molecular weight excluding hydrogens is 755 g/mol. The van der Waals surface area contributed by atoms with E-state index in [1.165, 1.54) is 22.3 Å². The van der Waals surface area contributed by atoms with Gasteiger partial charge in [0, 0.05) is 11.1 Å². The molecule has 4 saturated heterocycles. The number of carbonyl (C=O) groups is 4. The van der Waals surface area contributed by atoms with Gasteiger partial charge in [0.05, 0.1) is 34.8 Å². The summed E-state index contributed by atoms with van der Waals surface area (Å²) < 4.78 is 30.5. The fraction of sp³-hybridized carbons (Fsp3) is 0.149. The van der Waals surface area contributed by atoms with Crippen molar-refractivity contribution in [2.24, 2.45) is 11.8 Å². The van der Waals surface area contributed by atoms with E-state index in [2.05, 4.69) is 0 Å². The lowest BCUT2D eigenvalue weighted by atomic mass is 9.90. The van der Waals surface area contributed by atoms with Gasteiger partial charge in [-0.15, -0.1) is 0 Å². The van der Waals surface area contributed by atoms with E-state index in [4.69, 9.17) is 9.68 Å². The van der Waals surface area contributed by atoms with E-state index in [0.29, 0.717) is 29.2 Å². The van der Waals surface area contributed by atoms with Crippen LogP contribution < -0.4 is 19.9 Å². The van der Waals surface area contributed by atoms with Crippen molar-refractivity contribution in [3.8, 4) is 0 Å². The lowest BCUT2D eigenvalue weighted by Crippen LogP contribution is -2.37. The van der Waals surface area contributed by atoms with Gasteiger partial charge in [-0.1, -0.05) is 97.1 Å². The first kappa shape index (κ1) is 36.3. The van der Waals surface area contributed by atoms with Gasteiger partial charge in [0.25, 0.3) is 11.8 Å². The van der Waals surface area contributed by atoms with Gasteiger partial charge in [0.1, 0.15) is 23.5 Å². The number of fused-ring (bicyclic) bond motifs is 2. The summed E-state index contributed by atoms with van der Waals surface area (Å²) in [6.45, 7) is 0. The van der Waals surface area contributed by atoms with E-state index in [1.54, 1.807) is 109 Å². The van der Waals surface area contributed by atoms with Crippen LogP contribution >= 0.6 is 0 Å². The normalized spacial score (nSPS) is 23.7. The quantitative estimate of drug-likeness (QED) is 0.145. The maximum Gasteiger partial charge on any atom is 0.266 e. The van der Waals surface area contributed by atoms with Crippen LogP contribution in [-0.2, 0) is 35.3 Å². The maximum atomic E-state index is 15.2. The summed E-state index contributed by atoms with van der Waals surface area (Å²) >= 11 is 0. The van der Waals surface area contributed by atoms with E-state index >= 15 is 8.78 Å². The molecule has 4 amide bonds. The van der Waals surface area contributed by atoms with Crippen molar-refractivity contribution in [1.29, 1.82) is 0 Å². The second-order valence-corrected chi connectivity index (χ2v) is 14.9. The van der Waals surface area contributed by atoms with Gasteiger partial charge in [0.2, 0.25) is 11.8 Å². The molecule has 292 valence electrons. The summed E-state index contributed by atoms with van der Waals surface area (Å²) in [6.07, 6.45) is -1.81. The molecule has 12 heteroatoms. The fourth-order valence-electron chi connectivity index (χ4n) is 8.76. The number of carbonyl (C=O) groups excluding carboxylic acids is 4. The second-order valence-electron chi connectivity index (χ2n) is 14.9. The molecular formula is C47H34F2N4O6. The predicted molar refractivity (Wildman–Crippen MR) is 214 cm³/mol. The number of hydroxylamine groups is 2. The van der Waals surface area contributed by atoms with Crippen LogP contribution in [0.15, 0.2) is 158 Å². The summed E-state index contributed by atoms with van der Waals surface area (Å²) in [6, 6.07) is 42.7. The van der Waals surface area contributed by atoms with Gasteiger partial charge in [-0.2, -0.15) is 0 Å². The fourth-order valence-corrected chi connectivity index (χ4v) is 8.76. The standard InChI is InChI=1S/C47H34F2N4O6/c48-36-17-9-7-15-34(36)40-38-42(58-52(40)32-11-3-1-4-12-32)46(56)50(44(38)54)30-23-19-28(20-24-30)27-29-21-25-31(26-22-29)51-45(55)39-41(35-16-8-10-18-37(35)49)53(59-43(39)47(51)57)33-13-5-2-6-14-33/h1-26,38-43H,27H2. The number of benzene rings is 6. The van der Waals surface area contributed by atoms with Gasteiger partial charge in [-0.25, -0.2) is 28.7 Å². The highest BCUT2D eigenvalue weighted by Gasteiger charge is 2.62. The SMILES string of the molecule is O=C1C2ON(c3ccccc3)C(c3ccccc3F)C2C(=O)N1c1ccc(Cc2ccc(N3C(=O)C4ON(c5ccccc5)C(c5ccccc5F)C4C3=O)cc2)cc1. The molecule has 0 aliphatic carbocycles. The van der Waals surface area contributed by atoms with Crippen LogP contribution in [0.4, 0.5) is 31.5 Å². The minimum absolute atomic E-state index is 0.254. The topological polar surface area (TPSA) is 99.7 Å². The third-order valence-electron chi connectivity index (χ3n) is 11.5. The number of para-hydroxylation sites is 2. The molecule has 4 heterocycles. The summed E-state index contributed by atoms with van der Waals surface area (Å²) in [5.41, 5.74) is 4.19. The van der Waals surface area contributed by atoms with Crippen LogP contribution in [0.25, 0.3) is 0 Å². The molecule has 4 fully saturated rings. The average molecular weight is 789 g/mol. The van der Waals surface area contributed by atoms with Crippen LogP contribution in [0.1, 0.15) is 34.3 Å². The van der Waals surface area contributed by atoms with Crippen LogP contribution in [0.2, 0.25) is 0 Å². The Morgan fingerprint density at radius 1 is 0.407 bits per heavy atom. The summed E-state index contributed by atoms with van der Waals surface area (Å²) in [5.74, 6) is -4.99. The highest BCUT2D eigenvalue weighted by molar-refractivity contribution is 6.24. The molecule has 10 rings (SSSR count). The van der Waals surface area contributed by atoms with Crippen LogP contribution in [0.5, 0.6) is 0 Å². The Morgan fingerprint density at radius 2 is 0.763 bits per heavy atom. The van der Waals surface area contributed by atoms with Crippen molar-refractivity contribution in [1.82, 2.24) is 0 Å². The summed E-state index contributed by atoms with van der Waals surface area (Å²) in [7, 11) is 0. The minimum Gasteiger partial charge on any atom is -0.273 e. The van der Waals surface area contributed by atoms with Crippen molar-refractivity contribution in [2.45, 2.75) is 30.7 Å². The molecule has 6 aromatic carbocycles.